The largest absolute Gasteiger partial charge is 0.337 e. The Morgan fingerprint density at radius 2 is 1.74 bits per heavy atom. The molecule has 0 aliphatic carbocycles. The third-order valence-corrected chi connectivity index (χ3v) is 4.32. The quantitative estimate of drug-likeness (QED) is 0.758. The van der Waals surface area contributed by atoms with Crippen molar-refractivity contribution in [2.45, 2.75) is 20.3 Å². The van der Waals surface area contributed by atoms with E-state index in [0.717, 1.165) is 15.6 Å². The van der Waals surface area contributed by atoms with Crippen LogP contribution in [0.5, 0.6) is 0 Å². The molecule has 120 valence electrons. The summed E-state index contributed by atoms with van der Waals surface area (Å²) in [5, 5.41) is 5.44. The molecule has 0 aliphatic heterocycles. The highest BCUT2D eigenvalue weighted by Gasteiger charge is 2.07. The van der Waals surface area contributed by atoms with Crippen LogP contribution in [0.3, 0.4) is 0 Å². The first-order chi connectivity index (χ1) is 11.0. The molecule has 0 spiro atoms. The molecule has 0 fully saturated rings. The topological polar surface area (TPSA) is 58.2 Å². The van der Waals surface area contributed by atoms with Gasteiger partial charge >= 0.3 is 6.03 Å². The van der Waals surface area contributed by atoms with E-state index >= 15 is 0 Å². The molecule has 2 amide bonds. The van der Waals surface area contributed by atoms with Gasteiger partial charge in [-0.1, -0.05) is 45.8 Å². The van der Waals surface area contributed by atoms with Gasteiger partial charge in [-0.3, -0.25) is 4.79 Å². The highest BCUT2D eigenvalue weighted by atomic mass is 79.9. The van der Waals surface area contributed by atoms with Crippen molar-refractivity contribution in [2.75, 3.05) is 11.9 Å². The van der Waals surface area contributed by atoms with Gasteiger partial charge in [-0.15, -0.1) is 0 Å². The van der Waals surface area contributed by atoms with E-state index in [1.165, 1.54) is 0 Å². The van der Waals surface area contributed by atoms with Gasteiger partial charge in [0.05, 0.1) is 0 Å². The zero-order chi connectivity index (χ0) is 16.8. The van der Waals surface area contributed by atoms with Crippen LogP contribution in [-0.2, 0) is 0 Å². The molecule has 2 N–H and O–H groups in total. The first-order valence-electron chi connectivity index (χ1n) is 7.36. The number of hydrogen-bond acceptors (Lipinski definition) is 2. The van der Waals surface area contributed by atoms with Crippen molar-refractivity contribution in [1.29, 1.82) is 0 Å². The van der Waals surface area contributed by atoms with Crippen molar-refractivity contribution in [3.05, 3.63) is 63.6 Å². The summed E-state index contributed by atoms with van der Waals surface area (Å²) >= 11 is 3.41. The molecule has 0 aliphatic rings. The van der Waals surface area contributed by atoms with Crippen molar-refractivity contribution in [1.82, 2.24) is 5.32 Å². The monoisotopic (exact) mass is 374 g/mol. The van der Waals surface area contributed by atoms with Crippen molar-refractivity contribution in [3.63, 3.8) is 0 Å². The molecular weight excluding hydrogens is 356 g/mol. The van der Waals surface area contributed by atoms with E-state index in [2.05, 4.69) is 26.6 Å². The second-order valence-electron chi connectivity index (χ2n) is 5.38. The number of hydrogen-bond donors (Lipinski definition) is 2. The molecular formula is C18H19BrN2O2. The van der Waals surface area contributed by atoms with E-state index in [1.54, 1.807) is 0 Å². The number of benzene rings is 2. The Morgan fingerprint density at radius 3 is 2.39 bits per heavy atom. The van der Waals surface area contributed by atoms with Gasteiger partial charge in [-0.2, -0.15) is 0 Å². The van der Waals surface area contributed by atoms with Crippen LogP contribution >= 0.6 is 15.9 Å². The van der Waals surface area contributed by atoms with Gasteiger partial charge in [0, 0.05) is 28.7 Å². The van der Waals surface area contributed by atoms with Crippen molar-refractivity contribution < 1.29 is 9.59 Å². The molecule has 0 saturated carbocycles. The SMILES string of the molecule is Cc1ccc(C(=O)CCNC(=O)Nc2ccc(Br)c(C)c2)cc1. The van der Waals surface area contributed by atoms with Crippen LogP contribution in [0.4, 0.5) is 10.5 Å². The van der Waals surface area contributed by atoms with E-state index in [0.29, 0.717) is 17.8 Å². The Labute approximate surface area is 144 Å². The normalized spacial score (nSPS) is 10.2. The highest BCUT2D eigenvalue weighted by Crippen LogP contribution is 2.19. The summed E-state index contributed by atoms with van der Waals surface area (Å²) in [6.45, 7) is 4.23. The standard InChI is InChI=1S/C18H19BrN2O2/c1-12-3-5-14(6-4-12)17(22)9-10-20-18(23)21-15-7-8-16(19)13(2)11-15/h3-8,11H,9-10H2,1-2H3,(H2,20,21,23). The predicted molar refractivity (Wildman–Crippen MR) is 96.0 cm³/mol. The van der Waals surface area contributed by atoms with Gasteiger partial charge in [0.1, 0.15) is 0 Å². The molecule has 0 aromatic heterocycles. The Morgan fingerprint density at radius 1 is 1.04 bits per heavy atom. The summed E-state index contributed by atoms with van der Waals surface area (Å²) in [6.07, 6.45) is 0.274. The number of carbonyl (C=O) groups excluding carboxylic acids is 2. The molecule has 2 rings (SSSR count). The first-order valence-corrected chi connectivity index (χ1v) is 8.16. The van der Waals surface area contributed by atoms with Crippen LogP contribution in [0.1, 0.15) is 27.9 Å². The lowest BCUT2D eigenvalue weighted by atomic mass is 10.1. The third-order valence-electron chi connectivity index (χ3n) is 3.43. The third kappa shape index (κ3) is 5.21. The van der Waals surface area contributed by atoms with Crippen LogP contribution < -0.4 is 10.6 Å². The lowest BCUT2D eigenvalue weighted by Crippen LogP contribution is -2.30. The van der Waals surface area contributed by atoms with Crippen LogP contribution in [-0.4, -0.2) is 18.4 Å². The fourth-order valence-corrected chi connectivity index (χ4v) is 2.32. The summed E-state index contributed by atoms with van der Waals surface area (Å²) in [5.74, 6) is 0.0183. The van der Waals surface area contributed by atoms with Crippen LogP contribution in [0.2, 0.25) is 0 Å². The summed E-state index contributed by atoms with van der Waals surface area (Å²) in [5.41, 5.74) is 3.54. The molecule has 5 heteroatoms. The number of urea groups is 1. The molecule has 0 heterocycles. The van der Waals surface area contributed by atoms with E-state index < -0.39 is 0 Å². The number of anilines is 1. The van der Waals surface area contributed by atoms with E-state index in [1.807, 2.05) is 56.3 Å². The number of halogens is 1. The minimum Gasteiger partial charge on any atom is -0.337 e. The zero-order valence-corrected chi connectivity index (χ0v) is 14.7. The van der Waals surface area contributed by atoms with Gasteiger partial charge in [-0.05, 0) is 37.6 Å². The van der Waals surface area contributed by atoms with Gasteiger partial charge in [0.2, 0.25) is 0 Å². The summed E-state index contributed by atoms with van der Waals surface area (Å²) in [4.78, 5) is 23.8. The van der Waals surface area contributed by atoms with E-state index in [-0.39, 0.29) is 18.2 Å². The van der Waals surface area contributed by atoms with Gasteiger partial charge < -0.3 is 10.6 Å². The van der Waals surface area contributed by atoms with E-state index in [4.69, 9.17) is 0 Å². The first kappa shape index (κ1) is 17.2. The second-order valence-corrected chi connectivity index (χ2v) is 6.24. The average Bonchev–Trinajstić information content (AvgIpc) is 2.51. The molecule has 0 bridgehead atoms. The molecule has 2 aromatic rings. The lowest BCUT2D eigenvalue weighted by Gasteiger charge is -2.09. The number of nitrogens with one attached hydrogen (secondary N) is 2. The second kappa shape index (κ2) is 7.92. The number of aryl methyl sites for hydroxylation is 2. The minimum absolute atomic E-state index is 0.0183. The number of Topliss-reactive ketones (excluding diaryl/α,β-unsaturated/α-hetero) is 1. The zero-order valence-electron chi connectivity index (χ0n) is 13.2. The van der Waals surface area contributed by atoms with Crippen LogP contribution in [0.25, 0.3) is 0 Å². The molecule has 0 atom stereocenters. The fourth-order valence-electron chi connectivity index (χ4n) is 2.07. The Hall–Kier alpha value is -2.14. The number of ketones is 1. The molecule has 0 radical (unpaired) electrons. The Kier molecular flexibility index (Phi) is 5.93. The summed E-state index contributed by atoms with van der Waals surface area (Å²) in [6, 6.07) is 12.7. The number of carbonyl (C=O) groups is 2. The van der Waals surface area contributed by atoms with Crippen LogP contribution in [0.15, 0.2) is 46.9 Å². The minimum atomic E-state index is -0.316. The molecule has 2 aromatic carbocycles. The fraction of sp³-hybridized carbons (Fsp3) is 0.222. The highest BCUT2D eigenvalue weighted by molar-refractivity contribution is 9.10. The van der Waals surface area contributed by atoms with Gasteiger partial charge in [0.15, 0.2) is 5.78 Å². The number of amides is 2. The van der Waals surface area contributed by atoms with Crippen molar-refractivity contribution in [3.8, 4) is 0 Å². The maximum Gasteiger partial charge on any atom is 0.319 e. The van der Waals surface area contributed by atoms with Crippen LogP contribution in [0, 0.1) is 13.8 Å². The molecule has 0 unspecified atom stereocenters. The van der Waals surface area contributed by atoms with E-state index in [9.17, 15) is 9.59 Å². The molecule has 0 saturated heterocycles. The average molecular weight is 375 g/mol. The Bertz CT molecular complexity index is 711. The Balaban J connectivity index is 1.79. The maximum absolute atomic E-state index is 12.0. The smallest absolute Gasteiger partial charge is 0.319 e. The number of rotatable bonds is 5. The summed E-state index contributed by atoms with van der Waals surface area (Å²) in [7, 11) is 0. The van der Waals surface area contributed by atoms with Crippen molar-refractivity contribution >= 4 is 33.4 Å². The lowest BCUT2D eigenvalue weighted by molar-refractivity contribution is 0.0984. The molecule has 4 nitrogen and oxygen atoms in total. The molecule has 23 heavy (non-hydrogen) atoms. The van der Waals surface area contributed by atoms with Crippen molar-refractivity contribution in [2.24, 2.45) is 0 Å². The predicted octanol–water partition coefficient (Wildman–Crippen LogP) is 4.46. The van der Waals surface area contributed by atoms with Gasteiger partial charge in [0.25, 0.3) is 0 Å². The summed E-state index contributed by atoms with van der Waals surface area (Å²) < 4.78 is 0.993. The maximum atomic E-state index is 12.0. The van der Waals surface area contributed by atoms with Gasteiger partial charge in [-0.25, -0.2) is 4.79 Å².